The third-order valence-electron chi connectivity index (χ3n) is 0.958. The summed E-state index contributed by atoms with van der Waals surface area (Å²) in [6.45, 7) is 3.25. The molecule has 0 aliphatic heterocycles. The van der Waals surface area contributed by atoms with Crippen LogP contribution >= 0.6 is 11.8 Å². The summed E-state index contributed by atoms with van der Waals surface area (Å²) in [5.74, 6) is 0.0784. The van der Waals surface area contributed by atoms with E-state index in [1.54, 1.807) is 0 Å². The van der Waals surface area contributed by atoms with E-state index in [0.29, 0.717) is 5.75 Å². The Morgan fingerprint density at radius 3 is 2.58 bits per heavy atom. The van der Waals surface area contributed by atoms with E-state index in [1.165, 1.54) is 0 Å². The lowest BCUT2D eigenvalue weighted by Crippen LogP contribution is -2.04. The van der Waals surface area contributed by atoms with Crippen LogP contribution in [-0.4, -0.2) is 29.6 Å². The predicted molar refractivity (Wildman–Crippen MR) is 48.7 cm³/mol. The van der Waals surface area contributed by atoms with Crippen molar-refractivity contribution in [2.75, 3.05) is 11.5 Å². The minimum atomic E-state index is -3.88. The Hall–Kier alpha value is -0.330. The smallest absolute Gasteiger partial charge is 0.264 e. The summed E-state index contributed by atoms with van der Waals surface area (Å²) >= 11 is 0.985. The van der Waals surface area contributed by atoms with Gasteiger partial charge >= 0.3 is 0 Å². The van der Waals surface area contributed by atoms with Gasteiger partial charge in [-0.25, -0.2) is 0 Å². The van der Waals surface area contributed by atoms with Gasteiger partial charge in [0, 0.05) is 5.75 Å². The fraction of sp³-hybridized carbons (Fsp3) is 0.500. The van der Waals surface area contributed by atoms with Crippen LogP contribution in [0.15, 0.2) is 12.7 Å². The first-order chi connectivity index (χ1) is 5.45. The van der Waals surface area contributed by atoms with Gasteiger partial charge < -0.3 is 0 Å². The summed E-state index contributed by atoms with van der Waals surface area (Å²) in [5.41, 5.74) is 0. The molecule has 0 spiro atoms. The number of hydrogen-bond donors (Lipinski definition) is 1. The summed E-state index contributed by atoms with van der Waals surface area (Å²) in [6.07, 6.45) is 1.43. The largest absolute Gasteiger partial charge is 0.286 e. The molecule has 0 atom stereocenters. The Labute approximate surface area is 75.8 Å². The molecule has 0 aromatic carbocycles. The Bertz CT molecular complexity index is 255. The molecule has 4 nitrogen and oxygen atoms in total. The Morgan fingerprint density at radius 2 is 2.17 bits per heavy atom. The van der Waals surface area contributed by atoms with Crippen molar-refractivity contribution in [3.05, 3.63) is 12.7 Å². The van der Waals surface area contributed by atoms with E-state index >= 15 is 0 Å². The second-order valence-corrected chi connectivity index (χ2v) is 4.68. The number of rotatable bonds is 5. The van der Waals surface area contributed by atoms with Crippen molar-refractivity contribution < 1.29 is 17.8 Å². The normalized spacial score (nSPS) is 11.1. The number of carbonyl (C=O) groups is 1. The van der Waals surface area contributed by atoms with Gasteiger partial charge in [0.1, 0.15) is 0 Å². The molecular weight excluding hydrogens is 200 g/mol. The van der Waals surface area contributed by atoms with Crippen LogP contribution < -0.4 is 0 Å². The second kappa shape index (κ2) is 5.34. The monoisotopic (exact) mass is 210 g/mol. The molecule has 0 bridgehead atoms. The van der Waals surface area contributed by atoms with E-state index < -0.39 is 10.1 Å². The molecule has 0 unspecified atom stereocenters. The zero-order chi connectivity index (χ0) is 9.61. The lowest BCUT2D eigenvalue weighted by molar-refractivity contribution is -0.107. The standard InChI is InChI=1S/C6H10O4S2/c1-2-6(7)11-4-3-5-12(8,9)10/h2H,1,3-5H2,(H,8,9,10). The maximum atomic E-state index is 10.6. The van der Waals surface area contributed by atoms with Crippen LogP contribution in [0.1, 0.15) is 6.42 Å². The summed E-state index contributed by atoms with van der Waals surface area (Å²) in [7, 11) is -3.88. The van der Waals surface area contributed by atoms with Crippen LogP contribution in [0.5, 0.6) is 0 Å². The topological polar surface area (TPSA) is 71.4 Å². The van der Waals surface area contributed by atoms with Crippen LogP contribution in [0, 0.1) is 0 Å². The van der Waals surface area contributed by atoms with E-state index in [2.05, 4.69) is 6.58 Å². The Balaban J connectivity index is 3.47. The summed E-state index contributed by atoms with van der Waals surface area (Å²) in [6, 6.07) is 0. The molecular formula is C6H10O4S2. The van der Waals surface area contributed by atoms with Crippen LogP contribution in [0.2, 0.25) is 0 Å². The SMILES string of the molecule is C=CC(=O)SCCCS(=O)(=O)O. The number of hydrogen-bond acceptors (Lipinski definition) is 4. The van der Waals surface area contributed by atoms with Crippen molar-refractivity contribution in [3.8, 4) is 0 Å². The number of carbonyl (C=O) groups excluding carboxylic acids is 1. The van der Waals surface area contributed by atoms with Crippen molar-refractivity contribution >= 4 is 27.0 Å². The molecule has 12 heavy (non-hydrogen) atoms. The highest BCUT2D eigenvalue weighted by Gasteiger charge is 2.04. The lowest BCUT2D eigenvalue weighted by atomic mass is 10.6. The molecule has 0 aromatic heterocycles. The van der Waals surface area contributed by atoms with Gasteiger partial charge in [-0.2, -0.15) is 8.42 Å². The van der Waals surface area contributed by atoms with Gasteiger partial charge in [0.25, 0.3) is 10.1 Å². The van der Waals surface area contributed by atoms with Gasteiger partial charge in [-0.3, -0.25) is 9.35 Å². The van der Waals surface area contributed by atoms with E-state index in [1.807, 2.05) is 0 Å². The molecule has 0 amide bonds. The van der Waals surface area contributed by atoms with E-state index in [0.717, 1.165) is 17.8 Å². The second-order valence-electron chi connectivity index (χ2n) is 2.01. The summed E-state index contributed by atoms with van der Waals surface area (Å²) in [5, 5.41) is -0.190. The van der Waals surface area contributed by atoms with Crippen LogP contribution in [0.4, 0.5) is 0 Å². The first-order valence-electron chi connectivity index (χ1n) is 3.20. The van der Waals surface area contributed by atoms with Crippen molar-refractivity contribution in [1.29, 1.82) is 0 Å². The first-order valence-corrected chi connectivity index (χ1v) is 5.79. The molecule has 0 heterocycles. The summed E-state index contributed by atoms with van der Waals surface area (Å²) in [4.78, 5) is 10.6. The highest BCUT2D eigenvalue weighted by atomic mass is 32.2. The molecule has 0 aromatic rings. The molecule has 0 radical (unpaired) electrons. The number of thioether (sulfide) groups is 1. The van der Waals surface area contributed by atoms with E-state index in [-0.39, 0.29) is 17.3 Å². The summed E-state index contributed by atoms with van der Waals surface area (Å²) < 4.78 is 28.7. The highest BCUT2D eigenvalue weighted by molar-refractivity contribution is 8.14. The Morgan fingerprint density at radius 1 is 1.58 bits per heavy atom. The zero-order valence-electron chi connectivity index (χ0n) is 6.39. The van der Waals surface area contributed by atoms with Crippen molar-refractivity contribution in [2.45, 2.75) is 6.42 Å². The minimum absolute atomic E-state index is 0.190. The van der Waals surface area contributed by atoms with Crippen molar-refractivity contribution in [1.82, 2.24) is 0 Å². The maximum Gasteiger partial charge on any atom is 0.264 e. The molecule has 0 aliphatic carbocycles. The fourth-order valence-corrected chi connectivity index (χ4v) is 1.77. The van der Waals surface area contributed by atoms with Gasteiger partial charge in [-0.1, -0.05) is 18.3 Å². The van der Waals surface area contributed by atoms with Crippen LogP contribution in [0.25, 0.3) is 0 Å². The minimum Gasteiger partial charge on any atom is -0.286 e. The maximum absolute atomic E-state index is 10.6. The van der Waals surface area contributed by atoms with Gasteiger partial charge in [-0.15, -0.1) is 0 Å². The van der Waals surface area contributed by atoms with E-state index in [4.69, 9.17) is 4.55 Å². The predicted octanol–water partition coefficient (Wildman–Crippen LogP) is 0.710. The quantitative estimate of drug-likeness (QED) is 0.411. The van der Waals surface area contributed by atoms with Crippen LogP contribution in [-0.2, 0) is 14.9 Å². The van der Waals surface area contributed by atoms with Crippen LogP contribution in [0.3, 0.4) is 0 Å². The Kier molecular flexibility index (Phi) is 5.19. The van der Waals surface area contributed by atoms with Gasteiger partial charge in [0.05, 0.1) is 5.75 Å². The average molecular weight is 210 g/mol. The fourth-order valence-electron chi connectivity index (χ4n) is 0.473. The van der Waals surface area contributed by atoms with Gasteiger partial charge in [-0.05, 0) is 12.5 Å². The van der Waals surface area contributed by atoms with Crippen molar-refractivity contribution in [2.24, 2.45) is 0 Å². The van der Waals surface area contributed by atoms with Gasteiger partial charge in [0.15, 0.2) is 0 Å². The third-order valence-corrected chi connectivity index (χ3v) is 2.71. The van der Waals surface area contributed by atoms with Crippen molar-refractivity contribution in [3.63, 3.8) is 0 Å². The molecule has 70 valence electrons. The zero-order valence-corrected chi connectivity index (χ0v) is 8.03. The molecule has 1 N–H and O–H groups in total. The van der Waals surface area contributed by atoms with E-state index in [9.17, 15) is 13.2 Å². The lowest BCUT2D eigenvalue weighted by Gasteiger charge is -1.95. The first kappa shape index (κ1) is 11.7. The highest BCUT2D eigenvalue weighted by Crippen LogP contribution is 2.05. The average Bonchev–Trinajstić information content (AvgIpc) is 1.96. The third kappa shape index (κ3) is 7.77. The van der Waals surface area contributed by atoms with Gasteiger partial charge in [0.2, 0.25) is 5.12 Å². The molecule has 0 saturated carbocycles. The molecule has 0 fully saturated rings. The molecule has 0 rings (SSSR count). The molecule has 6 heteroatoms. The molecule has 0 saturated heterocycles. The molecule has 0 aliphatic rings.